The van der Waals surface area contributed by atoms with Crippen molar-refractivity contribution >= 4 is 29.1 Å². The number of nitro benzene ring substituents is 1. The first-order chi connectivity index (χ1) is 16.3. The topological polar surface area (TPSA) is 144 Å². The molecule has 34 heavy (non-hydrogen) atoms. The van der Waals surface area contributed by atoms with Crippen LogP contribution in [0.15, 0.2) is 71.1 Å². The molecule has 1 heterocycles. The Balaban J connectivity index is 1.91. The molecule has 0 fully saturated rings. The predicted molar refractivity (Wildman–Crippen MR) is 128 cm³/mol. The van der Waals surface area contributed by atoms with Gasteiger partial charge in [-0.2, -0.15) is 0 Å². The maximum atomic E-state index is 12.1. The molecule has 2 aromatic carbocycles. The Morgan fingerprint density at radius 2 is 1.85 bits per heavy atom. The van der Waals surface area contributed by atoms with Crippen LogP contribution < -0.4 is 0 Å². The Morgan fingerprint density at radius 3 is 2.44 bits per heavy atom. The van der Waals surface area contributed by atoms with E-state index in [-0.39, 0.29) is 35.1 Å². The summed E-state index contributed by atoms with van der Waals surface area (Å²) in [7, 11) is 0. The minimum Gasteiger partial charge on any atom is -0.510 e. The smallest absolute Gasteiger partial charge is 0.343 e. The molecular weight excluding hydrogens is 458 g/mol. The summed E-state index contributed by atoms with van der Waals surface area (Å²) >= 11 is 1.16. The lowest BCUT2D eigenvalue weighted by Crippen LogP contribution is -2.16. The quantitative estimate of drug-likeness (QED) is 0.0830. The number of nitrogens with one attached hydrogen (secondary N) is 1. The highest BCUT2D eigenvalue weighted by molar-refractivity contribution is 7.99. The lowest BCUT2D eigenvalue weighted by molar-refractivity contribution is -0.384. The number of carbonyl (C=O) groups excluding carboxylic acids is 1. The summed E-state index contributed by atoms with van der Waals surface area (Å²) in [5.41, 5.74) is 1.35. The van der Waals surface area contributed by atoms with Crippen molar-refractivity contribution in [1.82, 2.24) is 14.8 Å². The fourth-order valence-electron chi connectivity index (χ4n) is 3.16. The van der Waals surface area contributed by atoms with Crippen molar-refractivity contribution in [3.63, 3.8) is 0 Å². The molecule has 0 spiro atoms. The first-order valence-electron chi connectivity index (χ1n) is 10.3. The minimum absolute atomic E-state index is 0.00526. The van der Waals surface area contributed by atoms with Crippen LogP contribution >= 0.6 is 11.8 Å². The third kappa shape index (κ3) is 5.87. The van der Waals surface area contributed by atoms with E-state index in [1.54, 1.807) is 19.1 Å². The number of ether oxygens (including phenoxy) is 1. The summed E-state index contributed by atoms with van der Waals surface area (Å²) in [5, 5.41) is 38.3. The number of esters is 1. The number of non-ortho nitro benzene ring substituents is 1. The number of hydrogen-bond donors (Lipinski definition) is 2. The van der Waals surface area contributed by atoms with Crippen LogP contribution in [-0.2, 0) is 16.0 Å². The standard InChI is InChI=1S/C23H23N5O5S/c1-3-33-22(30)21(15(2)24)19(29)14-34-23-26-25-20(27(23)17-7-5-4-6-8-17)13-16-9-11-18(12-10-16)28(31)32/h4-12,24,29H,3,13-14H2,1-2H3/b21-19+,24-15?. The number of aromatic nitrogens is 3. The van der Waals surface area contributed by atoms with E-state index in [1.165, 1.54) is 19.1 Å². The molecule has 10 nitrogen and oxygen atoms in total. The van der Waals surface area contributed by atoms with Crippen LogP contribution in [0.4, 0.5) is 5.69 Å². The fourth-order valence-corrected chi connectivity index (χ4v) is 4.01. The molecule has 0 saturated carbocycles. The second-order valence-corrected chi connectivity index (χ2v) is 8.07. The number of benzene rings is 2. The van der Waals surface area contributed by atoms with E-state index in [1.807, 2.05) is 34.9 Å². The summed E-state index contributed by atoms with van der Waals surface area (Å²) in [5.74, 6) is -0.459. The number of carbonyl (C=O) groups is 1. The monoisotopic (exact) mass is 481 g/mol. The molecule has 0 radical (unpaired) electrons. The maximum absolute atomic E-state index is 12.1. The minimum atomic E-state index is -0.753. The third-order valence-electron chi connectivity index (χ3n) is 4.71. The zero-order chi connectivity index (χ0) is 24.7. The van der Waals surface area contributed by atoms with Gasteiger partial charge in [-0.3, -0.25) is 14.7 Å². The van der Waals surface area contributed by atoms with Gasteiger partial charge in [0.25, 0.3) is 5.69 Å². The molecule has 0 unspecified atom stereocenters. The number of aliphatic hydroxyl groups is 1. The predicted octanol–water partition coefficient (Wildman–Crippen LogP) is 4.27. The highest BCUT2D eigenvalue weighted by Gasteiger charge is 2.21. The molecule has 3 rings (SSSR count). The Morgan fingerprint density at radius 1 is 1.18 bits per heavy atom. The molecule has 0 aliphatic rings. The van der Waals surface area contributed by atoms with E-state index in [4.69, 9.17) is 10.1 Å². The molecule has 1 aromatic heterocycles. The van der Waals surface area contributed by atoms with Crippen LogP contribution in [0.25, 0.3) is 5.69 Å². The Bertz CT molecular complexity index is 1220. The molecule has 11 heteroatoms. The van der Waals surface area contributed by atoms with Crippen molar-refractivity contribution in [2.75, 3.05) is 12.4 Å². The van der Waals surface area contributed by atoms with Crippen LogP contribution in [0.2, 0.25) is 0 Å². The molecule has 0 saturated heterocycles. The summed E-state index contributed by atoms with van der Waals surface area (Å²) in [6.45, 7) is 3.18. The van der Waals surface area contributed by atoms with Crippen LogP contribution in [0.1, 0.15) is 25.2 Å². The molecule has 0 amide bonds. The van der Waals surface area contributed by atoms with Crippen LogP contribution in [-0.4, -0.2) is 48.8 Å². The second kappa shape index (κ2) is 11.2. The van der Waals surface area contributed by atoms with Crippen LogP contribution in [0, 0.1) is 15.5 Å². The lowest BCUT2D eigenvalue weighted by atomic mass is 10.1. The van der Waals surface area contributed by atoms with E-state index >= 15 is 0 Å². The first-order valence-corrected chi connectivity index (χ1v) is 11.3. The van der Waals surface area contributed by atoms with Gasteiger partial charge in [-0.25, -0.2) is 4.79 Å². The zero-order valence-corrected chi connectivity index (χ0v) is 19.4. The van der Waals surface area contributed by atoms with Gasteiger partial charge in [0.1, 0.15) is 17.2 Å². The number of nitro groups is 1. The lowest BCUT2D eigenvalue weighted by Gasteiger charge is -2.11. The highest BCUT2D eigenvalue weighted by Crippen LogP contribution is 2.26. The maximum Gasteiger partial charge on any atom is 0.343 e. The number of hydrogen-bond acceptors (Lipinski definition) is 9. The van der Waals surface area contributed by atoms with Crippen LogP contribution in [0.5, 0.6) is 0 Å². The van der Waals surface area contributed by atoms with Crippen molar-refractivity contribution in [2.45, 2.75) is 25.4 Å². The van der Waals surface area contributed by atoms with Gasteiger partial charge in [0.05, 0.1) is 17.3 Å². The van der Waals surface area contributed by atoms with Crippen LogP contribution in [0.3, 0.4) is 0 Å². The molecule has 0 aliphatic carbocycles. The number of rotatable bonds is 10. The van der Waals surface area contributed by atoms with Gasteiger partial charge in [0, 0.05) is 30.0 Å². The van der Waals surface area contributed by atoms with Gasteiger partial charge in [0.2, 0.25) is 0 Å². The molecular formula is C23H23N5O5S. The molecule has 2 N–H and O–H groups in total. The fraction of sp³-hybridized carbons (Fsp3) is 0.217. The van der Waals surface area contributed by atoms with Crippen molar-refractivity contribution in [1.29, 1.82) is 5.41 Å². The number of aliphatic hydroxyl groups excluding tert-OH is 1. The second-order valence-electron chi connectivity index (χ2n) is 7.13. The van der Waals surface area contributed by atoms with E-state index in [0.29, 0.717) is 17.4 Å². The van der Waals surface area contributed by atoms with E-state index in [2.05, 4.69) is 10.2 Å². The van der Waals surface area contributed by atoms with E-state index < -0.39 is 10.9 Å². The van der Waals surface area contributed by atoms with Crippen molar-refractivity contribution in [3.8, 4) is 5.69 Å². The van der Waals surface area contributed by atoms with Gasteiger partial charge in [-0.1, -0.05) is 42.1 Å². The Hall–Kier alpha value is -3.99. The highest BCUT2D eigenvalue weighted by atomic mass is 32.2. The van der Waals surface area contributed by atoms with Crippen molar-refractivity contribution in [3.05, 3.63) is 87.4 Å². The van der Waals surface area contributed by atoms with Gasteiger partial charge < -0.3 is 15.3 Å². The van der Waals surface area contributed by atoms with E-state index in [0.717, 1.165) is 23.0 Å². The van der Waals surface area contributed by atoms with E-state index in [9.17, 15) is 20.0 Å². The normalized spacial score (nSPS) is 11.6. The molecule has 0 aliphatic heterocycles. The summed E-state index contributed by atoms with van der Waals surface area (Å²) in [6, 6.07) is 15.6. The molecule has 3 aromatic rings. The molecule has 176 valence electrons. The first kappa shape index (κ1) is 24.6. The Labute approximate surface area is 199 Å². The van der Waals surface area contributed by atoms with Gasteiger partial charge >= 0.3 is 5.97 Å². The van der Waals surface area contributed by atoms with Gasteiger partial charge in [-0.15, -0.1) is 10.2 Å². The SMILES string of the molecule is CCOC(=O)/C(C(C)=N)=C(/O)CSc1nnc(Cc2ccc([N+](=O)[O-])cc2)n1-c1ccccc1. The third-order valence-corrected chi connectivity index (χ3v) is 5.65. The average molecular weight is 482 g/mol. The molecule has 0 bridgehead atoms. The summed E-state index contributed by atoms with van der Waals surface area (Å²) in [4.78, 5) is 22.6. The summed E-state index contributed by atoms with van der Waals surface area (Å²) in [6.07, 6.45) is 0.371. The number of para-hydroxylation sites is 1. The average Bonchev–Trinajstić information content (AvgIpc) is 3.21. The van der Waals surface area contributed by atoms with Gasteiger partial charge in [0.15, 0.2) is 5.16 Å². The zero-order valence-electron chi connectivity index (χ0n) is 18.6. The van der Waals surface area contributed by atoms with Gasteiger partial charge in [-0.05, 0) is 31.5 Å². The van der Waals surface area contributed by atoms with Crippen molar-refractivity contribution < 1.29 is 19.6 Å². The van der Waals surface area contributed by atoms with Crippen molar-refractivity contribution in [2.24, 2.45) is 0 Å². The Kier molecular flexibility index (Phi) is 8.14. The molecule has 0 atom stereocenters. The largest absolute Gasteiger partial charge is 0.510 e. The summed E-state index contributed by atoms with van der Waals surface area (Å²) < 4.78 is 6.76. The number of nitrogens with zero attached hydrogens (tertiary/aromatic N) is 4. The number of thioether (sulfide) groups is 1.